The fraction of sp³-hybridized carbons (Fsp3) is 0.500. The van der Waals surface area contributed by atoms with Gasteiger partial charge in [0.2, 0.25) is 0 Å². The van der Waals surface area contributed by atoms with Crippen molar-refractivity contribution in [2.45, 2.75) is 38.5 Å². The average Bonchev–Trinajstić information content (AvgIpc) is 3.11. The number of Topliss-reactive ketones (excluding diaryl/α,β-unsaturated/α-hetero) is 1. The van der Waals surface area contributed by atoms with Gasteiger partial charge in [0.05, 0.1) is 7.11 Å². The zero-order chi connectivity index (χ0) is 13.9. The molecule has 106 valence electrons. The molecule has 2 fully saturated rings. The smallest absolute Gasteiger partial charge is 0.162 e. The third kappa shape index (κ3) is 2.65. The largest absolute Gasteiger partial charge is 0.497 e. The first-order valence-electron chi connectivity index (χ1n) is 7.67. The number of ketones is 1. The van der Waals surface area contributed by atoms with Gasteiger partial charge < -0.3 is 4.74 Å². The minimum atomic E-state index is 0.307. The predicted octanol–water partition coefficient (Wildman–Crippen LogP) is 4.25. The van der Waals surface area contributed by atoms with Gasteiger partial charge in [0.25, 0.3) is 0 Å². The molecule has 2 aliphatic rings. The van der Waals surface area contributed by atoms with Gasteiger partial charge >= 0.3 is 0 Å². The lowest BCUT2D eigenvalue weighted by Crippen LogP contribution is -2.16. The number of ether oxygens (including phenoxy) is 1. The van der Waals surface area contributed by atoms with E-state index in [0.29, 0.717) is 17.6 Å². The highest BCUT2D eigenvalue weighted by Crippen LogP contribution is 2.40. The van der Waals surface area contributed by atoms with Gasteiger partial charge in [0, 0.05) is 5.92 Å². The topological polar surface area (TPSA) is 26.3 Å². The van der Waals surface area contributed by atoms with Crippen molar-refractivity contribution in [3.63, 3.8) is 0 Å². The van der Waals surface area contributed by atoms with Crippen molar-refractivity contribution in [2.24, 2.45) is 11.8 Å². The molecule has 0 amide bonds. The van der Waals surface area contributed by atoms with Gasteiger partial charge in [0.15, 0.2) is 5.78 Å². The van der Waals surface area contributed by atoms with Crippen LogP contribution in [-0.2, 0) is 4.79 Å². The van der Waals surface area contributed by atoms with Crippen LogP contribution in [0.25, 0.3) is 6.08 Å². The Kier molecular flexibility index (Phi) is 3.90. The van der Waals surface area contributed by atoms with Crippen molar-refractivity contribution in [3.05, 3.63) is 35.4 Å². The van der Waals surface area contributed by atoms with Crippen molar-refractivity contribution in [2.75, 3.05) is 7.11 Å². The third-order valence-corrected chi connectivity index (χ3v) is 4.80. The summed E-state index contributed by atoms with van der Waals surface area (Å²) in [6.45, 7) is 0. The summed E-state index contributed by atoms with van der Waals surface area (Å²) in [4.78, 5) is 12.5. The number of allylic oxidation sites excluding steroid dienone is 1. The Morgan fingerprint density at radius 2 is 1.80 bits per heavy atom. The molecule has 0 spiro atoms. The lowest BCUT2D eigenvalue weighted by molar-refractivity contribution is -0.119. The van der Waals surface area contributed by atoms with Gasteiger partial charge in [-0.05, 0) is 60.9 Å². The third-order valence-electron chi connectivity index (χ3n) is 4.80. The molecule has 2 heteroatoms. The zero-order valence-electron chi connectivity index (χ0n) is 12.1. The van der Waals surface area contributed by atoms with Gasteiger partial charge in [-0.3, -0.25) is 4.79 Å². The second-order valence-corrected chi connectivity index (χ2v) is 6.00. The van der Waals surface area contributed by atoms with Crippen molar-refractivity contribution < 1.29 is 9.53 Å². The summed E-state index contributed by atoms with van der Waals surface area (Å²) < 4.78 is 5.16. The minimum absolute atomic E-state index is 0.307. The molecule has 1 atom stereocenters. The van der Waals surface area contributed by atoms with Gasteiger partial charge in [-0.25, -0.2) is 0 Å². The molecule has 0 aromatic heterocycles. The molecule has 0 saturated heterocycles. The van der Waals surface area contributed by atoms with Crippen molar-refractivity contribution in [1.82, 2.24) is 0 Å². The molecule has 2 aliphatic carbocycles. The number of rotatable bonds is 3. The normalized spacial score (nSPS) is 25.6. The summed E-state index contributed by atoms with van der Waals surface area (Å²) in [5, 5.41) is 0. The molecule has 3 rings (SSSR count). The van der Waals surface area contributed by atoms with E-state index in [1.807, 2.05) is 24.3 Å². The number of hydrogen-bond acceptors (Lipinski definition) is 2. The Morgan fingerprint density at radius 3 is 2.45 bits per heavy atom. The molecule has 20 heavy (non-hydrogen) atoms. The maximum atomic E-state index is 12.5. The van der Waals surface area contributed by atoms with E-state index in [-0.39, 0.29) is 0 Å². The molecule has 0 N–H and O–H groups in total. The number of hydrogen-bond donors (Lipinski definition) is 0. The molecule has 0 unspecified atom stereocenters. The fourth-order valence-electron chi connectivity index (χ4n) is 3.66. The highest BCUT2D eigenvalue weighted by Gasteiger charge is 2.36. The predicted molar refractivity (Wildman–Crippen MR) is 80.7 cm³/mol. The summed E-state index contributed by atoms with van der Waals surface area (Å²) >= 11 is 0. The average molecular weight is 270 g/mol. The molecule has 0 bridgehead atoms. The van der Waals surface area contributed by atoms with Crippen molar-refractivity contribution >= 4 is 11.9 Å². The summed E-state index contributed by atoms with van der Waals surface area (Å²) in [6.07, 6.45) is 9.21. The Labute approximate surface area is 120 Å². The van der Waals surface area contributed by atoms with Crippen LogP contribution in [0.15, 0.2) is 29.8 Å². The second-order valence-electron chi connectivity index (χ2n) is 6.00. The maximum Gasteiger partial charge on any atom is 0.162 e. The van der Waals surface area contributed by atoms with Crippen molar-refractivity contribution in [3.8, 4) is 5.75 Å². The molecular formula is C18H22O2. The van der Waals surface area contributed by atoms with Crippen LogP contribution >= 0.6 is 0 Å². The highest BCUT2D eigenvalue weighted by molar-refractivity contribution is 6.03. The fourth-order valence-corrected chi connectivity index (χ4v) is 3.66. The Balaban J connectivity index is 1.73. The van der Waals surface area contributed by atoms with Gasteiger partial charge in [-0.1, -0.05) is 25.0 Å². The van der Waals surface area contributed by atoms with E-state index in [1.54, 1.807) is 7.11 Å². The first kappa shape index (κ1) is 13.4. The summed E-state index contributed by atoms with van der Waals surface area (Å²) in [5.41, 5.74) is 2.12. The van der Waals surface area contributed by atoms with E-state index < -0.39 is 0 Å². The monoisotopic (exact) mass is 270 g/mol. The summed E-state index contributed by atoms with van der Waals surface area (Å²) in [7, 11) is 1.67. The molecule has 2 saturated carbocycles. The second kappa shape index (κ2) is 5.82. The first-order chi connectivity index (χ1) is 9.78. The van der Waals surface area contributed by atoms with E-state index in [2.05, 4.69) is 6.08 Å². The molecule has 2 nitrogen and oxygen atoms in total. The van der Waals surface area contributed by atoms with Crippen LogP contribution in [0, 0.1) is 11.8 Å². The summed E-state index contributed by atoms with van der Waals surface area (Å²) in [5.74, 6) is 2.23. The van der Waals surface area contributed by atoms with Crippen LogP contribution in [0.1, 0.15) is 44.1 Å². The highest BCUT2D eigenvalue weighted by atomic mass is 16.5. The molecule has 1 aromatic rings. The van der Waals surface area contributed by atoms with Crippen LogP contribution < -0.4 is 4.74 Å². The number of carbonyl (C=O) groups is 1. The van der Waals surface area contributed by atoms with Gasteiger partial charge in [-0.2, -0.15) is 0 Å². The Bertz CT molecular complexity index is 507. The minimum Gasteiger partial charge on any atom is -0.497 e. The molecule has 0 aliphatic heterocycles. The summed E-state index contributed by atoms with van der Waals surface area (Å²) in [6, 6.07) is 7.92. The maximum absolute atomic E-state index is 12.5. The van der Waals surface area contributed by atoms with Crippen LogP contribution in [0.5, 0.6) is 5.75 Å². The van der Waals surface area contributed by atoms with Crippen LogP contribution in [0.2, 0.25) is 0 Å². The van der Waals surface area contributed by atoms with Crippen LogP contribution in [0.3, 0.4) is 0 Å². The molecule has 1 aromatic carbocycles. The molecule has 0 heterocycles. The van der Waals surface area contributed by atoms with Gasteiger partial charge in [-0.15, -0.1) is 0 Å². The molecule has 0 radical (unpaired) electrons. The number of carbonyl (C=O) groups excluding carboxylic acids is 1. The molecular weight excluding hydrogens is 248 g/mol. The first-order valence-corrected chi connectivity index (χ1v) is 7.67. The van der Waals surface area contributed by atoms with E-state index in [9.17, 15) is 4.79 Å². The van der Waals surface area contributed by atoms with Gasteiger partial charge in [0.1, 0.15) is 5.75 Å². The van der Waals surface area contributed by atoms with E-state index in [4.69, 9.17) is 4.74 Å². The van der Waals surface area contributed by atoms with Crippen molar-refractivity contribution in [1.29, 1.82) is 0 Å². The van der Waals surface area contributed by atoms with E-state index in [1.165, 1.54) is 25.7 Å². The Hall–Kier alpha value is -1.57. The van der Waals surface area contributed by atoms with E-state index >= 15 is 0 Å². The van der Waals surface area contributed by atoms with Crippen LogP contribution in [0.4, 0.5) is 0 Å². The number of benzene rings is 1. The van der Waals surface area contributed by atoms with E-state index in [0.717, 1.165) is 29.7 Å². The Morgan fingerprint density at radius 1 is 1.10 bits per heavy atom. The van der Waals surface area contributed by atoms with Crippen LogP contribution in [-0.4, -0.2) is 12.9 Å². The quantitative estimate of drug-likeness (QED) is 0.768. The lowest BCUT2D eigenvalue weighted by atomic mass is 9.88. The standard InChI is InChI=1S/C18H22O2/c1-20-16-9-6-13(7-10-16)12-15-8-11-17(18(15)19)14-4-2-3-5-14/h6-7,9-10,12,14,17H,2-5,8,11H2,1H3/b15-12+/t17-/m0/s1. The zero-order valence-corrected chi connectivity index (χ0v) is 12.1. The number of methoxy groups -OCH3 is 1. The SMILES string of the molecule is COc1ccc(/C=C2\CC[C@@H](C3CCCC3)C2=O)cc1. The lowest BCUT2D eigenvalue weighted by Gasteiger charge is -2.15.